The van der Waals surface area contributed by atoms with Gasteiger partial charge in [0.25, 0.3) is 0 Å². The fourth-order valence-electron chi connectivity index (χ4n) is 4.33. The molecule has 0 amide bonds. The molecule has 1 atom stereocenters. The van der Waals surface area contributed by atoms with Gasteiger partial charge in [-0.1, -0.05) is 17.4 Å². The highest BCUT2D eigenvalue weighted by atomic mass is 32.1. The average Bonchev–Trinajstić information content (AvgIpc) is 3.21. The Balaban J connectivity index is 1.67. The average molecular weight is 501 g/mol. The molecule has 4 aromatic heterocycles. The monoisotopic (exact) mass is 500 g/mol. The topological polar surface area (TPSA) is 118 Å². The predicted octanol–water partition coefficient (Wildman–Crippen LogP) is 5.96. The van der Waals surface area contributed by atoms with Crippen molar-refractivity contribution >= 4 is 44.3 Å². The van der Waals surface area contributed by atoms with Crippen LogP contribution in [-0.4, -0.2) is 26.0 Å². The zero-order chi connectivity index (χ0) is 25.7. The second-order valence-electron chi connectivity index (χ2n) is 8.89. The lowest BCUT2D eigenvalue weighted by Crippen LogP contribution is -2.15. The van der Waals surface area contributed by atoms with Gasteiger partial charge in [0.05, 0.1) is 22.1 Å². The summed E-state index contributed by atoms with van der Waals surface area (Å²) in [7, 11) is 0. The van der Waals surface area contributed by atoms with Crippen LogP contribution in [0.1, 0.15) is 50.8 Å². The summed E-state index contributed by atoms with van der Waals surface area (Å²) in [5, 5.41) is 14.3. The summed E-state index contributed by atoms with van der Waals surface area (Å²) in [5.74, 6) is -0.715. The maximum atomic E-state index is 13.5. The molecule has 1 aromatic carbocycles. The first-order valence-electron chi connectivity index (χ1n) is 11.4. The largest absolute Gasteiger partial charge is 0.476 e. The summed E-state index contributed by atoms with van der Waals surface area (Å²) >= 11 is 1.48. The molecule has 0 bridgehead atoms. The van der Waals surface area contributed by atoms with Crippen molar-refractivity contribution in [2.45, 2.75) is 40.7 Å². The van der Waals surface area contributed by atoms with Gasteiger partial charge in [0.1, 0.15) is 21.6 Å². The van der Waals surface area contributed by atoms with Crippen molar-refractivity contribution in [3.8, 4) is 11.5 Å². The summed E-state index contributed by atoms with van der Waals surface area (Å²) in [6.07, 6.45) is 0. The van der Waals surface area contributed by atoms with E-state index in [0.29, 0.717) is 39.4 Å². The van der Waals surface area contributed by atoms with Crippen LogP contribution in [0.15, 0.2) is 45.6 Å². The van der Waals surface area contributed by atoms with Gasteiger partial charge >= 0.3 is 5.97 Å². The van der Waals surface area contributed by atoms with Crippen LogP contribution in [0.25, 0.3) is 32.8 Å². The maximum Gasteiger partial charge on any atom is 0.356 e. The number of aromatic nitrogens is 3. The number of hydrogen-bond acceptors (Lipinski definition) is 8. The molecule has 0 radical (unpaired) electrons. The summed E-state index contributed by atoms with van der Waals surface area (Å²) in [4.78, 5) is 39.3. The standard InChI is InChI=1S/C27H24N4O4S/c1-12-10-17(15(4)29-19-7-6-13(2)28-22(19)27(33)34)25-18(11-12)23(32)14(3)24(35-25)20-8-9-21-26(31-20)36-16(5)30-21/h6-11,15,29H,1-5H3,(H,33,34)/t15-/m1/s1. The number of benzene rings is 1. The Morgan fingerprint density at radius 1 is 1.06 bits per heavy atom. The second kappa shape index (κ2) is 8.83. The van der Waals surface area contributed by atoms with Crippen molar-refractivity contribution in [3.05, 3.63) is 79.7 Å². The van der Waals surface area contributed by atoms with Crippen LogP contribution in [-0.2, 0) is 0 Å². The SMILES string of the molecule is Cc1cc([C@@H](C)Nc2ccc(C)nc2C(=O)O)c2oc(-c3ccc4nc(C)sc4n3)c(C)c(=O)c2c1. The van der Waals surface area contributed by atoms with Gasteiger partial charge in [0.15, 0.2) is 16.9 Å². The van der Waals surface area contributed by atoms with Gasteiger partial charge in [-0.2, -0.15) is 0 Å². The summed E-state index contributed by atoms with van der Waals surface area (Å²) in [5.41, 5.74) is 4.71. The van der Waals surface area contributed by atoms with E-state index in [-0.39, 0.29) is 17.2 Å². The lowest BCUT2D eigenvalue weighted by atomic mass is 9.99. The number of thiazole rings is 1. The number of carboxylic acids is 1. The van der Waals surface area contributed by atoms with Crippen LogP contribution >= 0.6 is 11.3 Å². The van der Waals surface area contributed by atoms with Gasteiger partial charge in [0, 0.05) is 16.8 Å². The molecule has 0 saturated carbocycles. The molecule has 0 aliphatic heterocycles. The van der Waals surface area contributed by atoms with Crippen molar-refractivity contribution in [2.24, 2.45) is 0 Å². The highest BCUT2D eigenvalue weighted by molar-refractivity contribution is 7.18. The normalized spacial score (nSPS) is 12.2. The molecule has 5 aromatic rings. The molecule has 4 heterocycles. The molecular formula is C27H24N4O4S. The molecule has 36 heavy (non-hydrogen) atoms. The van der Waals surface area contributed by atoms with Crippen molar-refractivity contribution in [2.75, 3.05) is 5.32 Å². The quantitative estimate of drug-likeness (QED) is 0.303. The van der Waals surface area contributed by atoms with Gasteiger partial charge in [-0.3, -0.25) is 4.79 Å². The smallest absolute Gasteiger partial charge is 0.356 e. The van der Waals surface area contributed by atoms with E-state index >= 15 is 0 Å². The number of nitrogens with zero attached hydrogens (tertiary/aromatic N) is 3. The van der Waals surface area contributed by atoms with Crippen molar-refractivity contribution in [1.82, 2.24) is 15.0 Å². The number of rotatable bonds is 5. The number of aryl methyl sites for hydroxylation is 3. The zero-order valence-electron chi connectivity index (χ0n) is 20.5. The van der Waals surface area contributed by atoms with Crippen molar-refractivity contribution in [3.63, 3.8) is 0 Å². The lowest BCUT2D eigenvalue weighted by Gasteiger charge is -2.19. The van der Waals surface area contributed by atoms with E-state index in [2.05, 4.69) is 15.3 Å². The molecule has 9 heteroatoms. The van der Waals surface area contributed by atoms with Gasteiger partial charge in [-0.05, 0) is 70.5 Å². The van der Waals surface area contributed by atoms with E-state index in [1.807, 2.05) is 45.0 Å². The highest BCUT2D eigenvalue weighted by Gasteiger charge is 2.21. The summed E-state index contributed by atoms with van der Waals surface area (Å²) in [6, 6.07) is 10.5. The summed E-state index contributed by atoms with van der Waals surface area (Å²) < 4.78 is 6.41. The molecule has 0 aliphatic carbocycles. The third kappa shape index (κ3) is 4.11. The Morgan fingerprint density at radius 2 is 1.83 bits per heavy atom. The van der Waals surface area contributed by atoms with E-state index in [4.69, 9.17) is 9.40 Å². The summed E-state index contributed by atoms with van der Waals surface area (Å²) in [6.45, 7) is 9.21. The number of fused-ring (bicyclic) bond motifs is 2. The molecule has 0 spiro atoms. The fourth-order valence-corrected chi connectivity index (χ4v) is 5.12. The van der Waals surface area contributed by atoms with E-state index < -0.39 is 5.97 Å². The molecule has 8 nitrogen and oxygen atoms in total. The Kier molecular flexibility index (Phi) is 5.80. The third-order valence-electron chi connectivity index (χ3n) is 6.06. The first-order chi connectivity index (χ1) is 17.1. The Morgan fingerprint density at radius 3 is 2.58 bits per heavy atom. The van der Waals surface area contributed by atoms with Crippen LogP contribution in [0.2, 0.25) is 0 Å². The number of carboxylic acid groups (broad SMARTS) is 1. The molecule has 0 unspecified atom stereocenters. The van der Waals surface area contributed by atoms with Crippen LogP contribution in [0, 0.1) is 27.7 Å². The number of anilines is 1. The van der Waals surface area contributed by atoms with Gasteiger partial charge in [-0.15, -0.1) is 0 Å². The van der Waals surface area contributed by atoms with Crippen LogP contribution in [0.5, 0.6) is 0 Å². The van der Waals surface area contributed by atoms with E-state index in [1.165, 1.54) is 11.3 Å². The minimum absolute atomic E-state index is 0.0610. The first-order valence-corrected chi connectivity index (χ1v) is 12.2. The highest BCUT2D eigenvalue weighted by Crippen LogP contribution is 2.33. The van der Waals surface area contributed by atoms with Crippen molar-refractivity contribution in [1.29, 1.82) is 0 Å². The minimum atomic E-state index is -1.12. The third-order valence-corrected chi connectivity index (χ3v) is 6.94. The molecule has 2 N–H and O–H groups in total. The molecule has 182 valence electrons. The number of carbonyl (C=O) groups is 1. The Hall–Kier alpha value is -4.11. The number of pyridine rings is 2. The van der Waals surface area contributed by atoms with Crippen LogP contribution in [0.3, 0.4) is 0 Å². The lowest BCUT2D eigenvalue weighted by molar-refractivity contribution is 0.0691. The first kappa shape index (κ1) is 23.6. The van der Waals surface area contributed by atoms with Gasteiger partial charge < -0.3 is 14.8 Å². The number of hydrogen-bond donors (Lipinski definition) is 2. The number of nitrogens with one attached hydrogen (secondary N) is 1. The van der Waals surface area contributed by atoms with E-state index in [9.17, 15) is 14.7 Å². The van der Waals surface area contributed by atoms with Gasteiger partial charge in [-0.25, -0.2) is 19.7 Å². The molecule has 0 fully saturated rings. The van der Waals surface area contributed by atoms with E-state index in [0.717, 1.165) is 26.5 Å². The zero-order valence-corrected chi connectivity index (χ0v) is 21.3. The molecular weight excluding hydrogens is 476 g/mol. The Bertz CT molecular complexity index is 1740. The second-order valence-corrected chi connectivity index (χ2v) is 10.1. The van der Waals surface area contributed by atoms with Crippen LogP contribution < -0.4 is 10.7 Å². The maximum absolute atomic E-state index is 13.5. The molecule has 5 rings (SSSR count). The minimum Gasteiger partial charge on any atom is -0.476 e. The van der Waals surface area contributed by atoms with Crippen molar-refractivity contribution < 1.29 is 14.3 Å². The van der Waals surface area contributed by atoms with Crippen LogP contribution in [0.4, 0.5) is 5.69 Å². The number of aromatic carboxylic acids is 1. The van der Waals surface area contributed by atoms with E-state index in [1.54, 1.807) is 26.0 Å². The molecule has 0 saturated heterocycles. The predicted molar refractivity (Wildman–Crippen MR) is 141 cm³/mol. The van der Waals surface area contributed by atoms with Gasteiger partial charge in [0.2, 0.25) is 0 Å². The molecule has 0 aliphatic rings. The fraction of sp³-hybridized carbons (Fsp3) is 0.222. The Labute approximate surface area is 210 Å².